The third-order valence-electron chi connectivity index (χ3n) is 5.76. The minimum Gasteiger partial charge on any atom is -0.370 e. The van der Waals surface area contributed by atoms with Crippen molar-refractivity contribution in [1.82, 2.24) is 9.97 Å². The van der Waals surface area contributed by atoms with Crippen LogP contribution in [-0.2, 0) is 17.8 Å². The van der Waals surface area contributed by atoms with Gasteiger partial charge in [-0.2, -0.15) is 0 Å². The average molecular weight is 401 g/mol. The van der Waals surface area contributed by atoms with Crippen molar-refractivity contribution < 1.29 is 15.5 Å². The minimum absolute atomic E-state index is 0.167. The molecule has 0 atom stereocenters. The molecule has 8 heteroatoms. The summed E-state index contributed by atoms with van der Waals surface area (Å²) in [5.74, 6) is 2.15. The Morgan fingerprint density at radius 2 is 2.11 bits per heavy atom. The lowest BCUT2D eigenvalue weighted by atomic mass is 9.90. The van der Waals surface area contributed by atoms with Gasteiger partial charge in [0, 0.05) is 6.42 Å². The zero-order valence-corrected chi connectivity index (χ0v) is 17.4. The average Bonchev–Trinajstić information content (AvgIpc) is 3.32. The van der Waals surface area contributed by atoms with E-state index in [2.05, 4.69) is 39.8 Å². The summed E-state index contributed by atoms with van der Waals surface area (Å²) in [4.78, 5) is 16.6. The van der Waals surface area contributed by atoms with Crippen LogP contribution in [0.5, 0.6) is 0 Å². The van der Waals surface area contributed by atoms with Crippen molar-refractivity contribution in [2.75, 3.05) is 36.4 Å². The van der Waals surface area contributed by atoms with E-state index < -0.39 is 0 Å². The van der Waals surface area contributed by atoms with E-state index in [9.17, 15) is 0 Å². The van der Waals surface area contributed by atoms with E-state index in [0.717, 1.165) is 48.6 Å². The van der Waals surface area contributed by atoms with Crippen molar-refractivity contribution >= 4 is 43.4 Å². The Morgan fingerprint density at radius 1 is 1.29 bits per heavy atom. The Labute approximate surface area is 168 Å². The summed E-state index contributed by atoms with van der Waals surface area (Å²) in [5.41, 5.74) is 7.49. The normalized spacial score (nSPS) is 18.8. The molecule has 5 rings (SSSR count). The molecule has 3 aromatic heterocycles. The number of ether oxygens (including phenoxy) is 1. The third kappa shape index (κ3) is 2.91. The maximum Gasteiger partial charge on any atom is 0.281 e. The van der Waals surface area contributed by atoms with E-state index in [0.29, 0.717) is 6.61 Å². The van der Waals surface area contributed by atoms with E-state index in [1.165, 1.54) is 40.0 Å². The van der Waals surface area contributed by atoms with Crippen LogP contribution < -0.4 is 20.9 Å². The molecule has 0 spiro atoms. The van der Waals surface area contributed by atoms with Gasteiger partial charge in [0.25, 0.3) is 5.82 Å². The van der Waals surface area contributed by atoms with Gasteiger partial charge in [-0.3, -0.25) is 4.90 Å². The molecule has 0 amide bonds. The van der Waals surface area contributed by atoms with Crippen LogP contribution in [0.1, 0.15) is 37.8 Å². The zero-order chi connectivity index (χ0) is 19.3. The fourth-order valence-electron chi connectivity index (χ4n) is 4.39. The van der Waals surface area contributed by atoms with Gasteiger partial charge in [0.15, 0.2) is 4.83 Å². The molecule has 7 nitrogen and oxygen atoms in total. The number of hydrogen-bond donors (Lipinski definition) is 2. The molecule has 1 fully saturated rings. The molecule has 0 aromatic carbocycles. The van der Waals surface area contributed by atoms with E-state index in [-0.39, 0.29) is 5.60 Å². The largest absolute Gasteiger partial charge is 0.370 e. The first-order valence-corrected chi connectivity index (χ1v) is 11.0. The van der Waals surface area contributed by atoms with Crippen molar-refractivity contribution in [3.63, 3.8) is 0 Å². The SMILES string of the molecule is CC1(C)Cc2c(c(N3CCCC3)[nH+]c3sc4c(NCC[NH3+])ncnc4c23)CO1. The van der Waals surface area contributed by atoms with Gasteiger partial charge in [-0.25, -0.2) is 15.0 Å². The van der Waals surface area contributed by atoms with Crippen LogP contribution >= 0.6 is 11.3 Å². The first-order chi connectivity index (χ1) is 13.6. The molecule has 28 heavy (non-hydrogen) atoms. The lowest BCUT2D eigenvalue weighted by Crippen LogP contribution is -2.53. The number of anilines is 2. The summed E-state index contributed by atoms with van der Waals surface area (Å²) < 4.78 is 7.33. The fraction of sp³-hybridized carbons (Fsp3) is 0.550. The Morgan fingerprint density at radius 3 is 2.89 bits per heavy atom. The van der Waals surface area contributed by atoms with Gasteiger partial charge in [0.1, 0.15) is 16.8 Å². The molecular formula is C20H28N6OS+2. The molecular weight excluding hydrogens is 372 g/mol. The van der Waals surface area contributed by atoms with Gasteiger partial charge in [0.2, 0.25) is 0 Å². The van der Waals surface area contributed by atoms with Crippen LogP contribution in [0.25, 0.3) is 20.4 Å². The quantitative estimate of drug-likeness (QED) is 0.696. The fourth-order valence-corrected chi connectivity index (χ4v) is 5.54. The molecule has 0 radical (unpaired) electrons. The molecule has 2 aliphatic heterocycles. The van der Waals surface area contributed by atoms with Crippen molar-refractivity contribution in [3.05, 3.63) is 17.5 Å². The van der Waals surface area contributed by atoms with Gasteiger partial charge in [-0.05, 0) is 32.3 Å². The number of quaternary nitrogens is 1. The molecule has 2 aliphatic rings. The number of rotatable bonds is 4. The Hall–Kier alpha value is -2.03. The Kier molecular flexibility index (Phi) is 4.37. The van der Waals surface area contributed by atoms with Crippen LogP contribution in [-0.4, -0.2) is 41.7 Å². The van der Waals surface area contributed by atoms with Gasteiger partial charge in [-0.15, -0.1) is 0 Å². The van der Waals surface area contributed by atoms with E-state index >= 15 is 0 Å². The number of nitrogens with one attached hydrogen (secondary N) is 2. The topological polar surface area (TPSA) is 92.1 Å². The molecule has 0 aliphatic carbocycles. The Bertz CT molecular complexity index is 1040. The molecule has 5 heterocycles. The molecule has 5 N–H and O–H groups in total. The zero-order valence-electron chi connectivity index (χ0n) is 16.6. The maximum atomic E-state index is 6.21. The summed E-state index contributed by atoms with van der Waals surface area (Å²) in [6.45, 7) is 8.86. The van der Waals surface area contributed by atoms with Gasteiger partial charge in [0.05, 0.1) is 54.9 Å². The van der Waals surface area contributed by atoms with Crippen molar-refractivity contribution in [2.24, 2.45) is 0 Å². The summed E-state index contributed by atoms with van der Waals surface area (Å²) in [5, 5.41) is 4.66. The highest BCUT2D eigenvalue weighted by atomic mass is 32.1. The summed E-state index contributed by atoms with van der Waals surface area (Å²) in [6, 6.07) is 0. The van der Waals surface area contributed by atoms with E-state index in [4.69, 9.17) is 9.72 Å². The summed E-state index contributed by atoms with van der Waals surface area (Å²) >= 11 is 1.75. The lowest BCUT2D eigenvalue weighted by Gasteiger charge is -2.32. The molecule has 148 valence electrons. The second-order valence-electron chi connectivity index (χ2n) is 8.34. The van der Waals surface area contributed by atoms with Crippen molar-refractivity contribution in [3.8, 4) is 0 Å². The van der Waals surface area contributed by atoms with Crippen molar-refractivity contribution in [1.29, 1.82) is 0 Å². The highest BCUT2D eigenvalue weighted by Crippen LogP contribution is 2.42. The van der Waals surface area contributed by atoms with Crippen molar-refractivity contribution in [2.45, 2.75) is 45.3 Å². The van der Waals surface area contributed by atoms with Gasteiger partial charge < -0.3 is 15.8 Å². The number of fused-ring (bicyclic) bond motifs is 5. The predicted molar refractivity (Wildman–Crippen MR) is 112 cm³/mol. The van der Waals surface area contributed by atoms with Gasteiger partial charge >= 0.3 is 0 Å². The second kappa shape index (κ2) is 6.79. The molecule has 0 bridgehead atoms. The first-order valence-electron chi connectivity index (χ1n) is 10.1. The second-order valence-corrected chi connectivity index (χ2v) is 9.36. The summed E-state index contributed by atoms with van der Waals surface area (Å²) in [6.07, 6.45) is 5.07. The standard InChI is InChI=1S/C20H26N6OS/c1-20(2)9-12-13(10-27-20)18(26-7-3-4-8-26)25-19-14(12)15-16(28-19)17(22-6-5-21)24-11-23-15/h11H,3-10,21H2,1-2H3,(H,22,23,24)/p+2. The number of nitrogens with zero attached hydrogens (tertiary/aromatic N) is 3. The van der Waals surface area contributed by atoms with Crippen LogP contribution in [0.2, 0.25) is 0 Å². The molecule has 3 aromatic rings. The number of pyridine rings is 1. The molecule has 0 unspecified atom stereocenters. The predicted octanol–water partition coefficient (Wildman–Crippen LogP) is 1.76. The van der Waals surface area contributed by atoms with Crippen LogP contribution in [0.4, 0.5) is 11.6 Å². The van der Waals surface area contributed by atoms with Crippen LogP contribution in [0.3, 0.4) is 0 Å². The smallest absolute Gasteiger partial charge is 0.281 e. The number of aromatic nitrogens is 3. The summed E-state index contributed by atoms with van der Waals surface area (Å²) in [7, 11) is 0. The van der Waals surface area contributed by atoms with E-state index in [1.807, 2.05) is 0 Å². The van der Waals surface area contributed by atoms with E-state index in [1.54, 1.807) is 17.7 Å². The number of H-pyrrole nitrogens is 1. The lowest BCUT2D eigenvalue weighted by molar-refractivity contribution is -0.362. The highest BCUT2D eigenvalue weighted by molar-refractivity contribution is 7.25. The third-order valence-corrected chi connectivity index (χ3v) is 6.86. The molecule has 0 saturated carbocycles. The first kappa shape index (κ1) is 18.0. The number of thiophene rings is 1. The maximum absolute atomic E-state index is 6.21. The highest BCUT2D eigenvalue weighted by Gasteiger charge is 2.36. The Balaban J connectivity index is 1.77. The molecule has 1 saturated heterocycles. The number of aromatic amines is 1. The van der Waals surface area contributed by atoms with Crippen LogP contribution in [0.15, 0.2) is 6.33 Å². The van der Waals surface area contributed by atoms with Crippen LogP contribution in [0, 0.1) is 0 Å². The van der Waals surface area contributed by atoms with Gasteiger partial charge in [-0.1, -0.05) is 11.3 Å². The monoisotopic (exact) mass is 400 g/mol. The number of hydrogen-bond acceptors (Lipinski definition) is 6. The minimum atomic E-state index is -0.167.